The summed E-state index contributed by atoms with van der Waals surface area (Å²) in [4.78, 5) is 2.40. The van der Waals surface area contributed by atoms with Crippen LogP contribution in [0.3, 0.4) is 0 Å². The predicted octanol–water partition coefficient (Wildman–Crippen LogP) is 17.4. The molecule has 0 bridgehead atoms. The monoisotopic (exact) mass is 805 g/mol. The van der Waals surface area contributed by atoms with Crippen LogP contribution < -0.4 is 4.90 Å². The number of hydrogen-bond acceptors (Lipinski definition) is 1. The molecule has 0 N–H and O–H groups in total. The lowest BCUT2D eigenvalue weighted by molar-refractivity contribution is 1.28. The number of anilines is 3. The van der Waals surface area contributed by atoms with Crippen molar-refractivity contribution in [3.63, 3.8) is 0 Å². The van der Waals surface area contributed by atoms with Gasteiger partial charge in [0.05, 0.1) is 0 Å². The highest BCUT2D eigenvalue weighted by Gasteiger charge is 2.19. The van der Waals surface area contributed by atoms with E-state index in [4.69, 9.17) is 0 Å². The maximum Gasteiger partial charge on any atom is 0.0468 e. The molecular formula is C62H47N. The molecule has 0 saturated heterocycles. The average Bonchev–Trinajstić information content (AvgIpc) is 3.36. The van der Waals surface area contributed by atoms with Gasteiger partial charge in [0, 0.05) is 17.1 Å². The second-order valence-corrected chi connectivity index (χ2v) is 16.1. The maximum atomic E-state index is 2.40. The molecule has 10 rings (SSSR count). The number of benzene rings is 10. The van der Waals surface area contributed by atoms with Gasteiger partial charge >= 0.3 is 0 Å². The zero-order chi connectivity index (χ0) is 42.5. The largest absolute Gasteiger partial charge is 0.310 e. The van der Waals surface area contributed by atoms with Gasteiger partial charge in [0.1, 0.15) is 0 Å². The Hall–Kier alpha value is -8.00. The molecule has 0 unspecified atom stereocenters. The number of rotatable bonds is 10. The average molecular weight is 806 g/mol. The summed E-state index contributed by atoms with van der Waals surface area (Å²) < 4.78 is 0. The van der Waals surface area contributed by atoms with Gasteiger partial charge in [-0.15, -0.1) is 0 Å². The minimum absolute atomic E-state index is 1.08. The van der Waals surface area contributed by atoms with E-state index in [1.807, 2.05) is 0 Å². The Balaban J connectivity index is 1.14. The first-order valence-electron chi connectivity index (χ1n) is 21.8. The molecule has 0 saturated carbocycles. The molecule has 0 aliphatic heterocycles. The van der Waals surface area contributed by atoms with Crippen LogP contribution in [0.25, 0.3) is 72.0 Å². The van der Waals surface area contributed by atoms with Gasteiger partial charge in [0.15, 0.2) is 0 Å². The fourth-order valence-electron chi connectivity index (χ4n) is 9.06. The number of aryl methyl sites for hydroxylation is 1. The second-order valence-electron chi connectivity index (χ2n) is 16.1. The van der Waals surface area contributed by atoms with Crippen LogP contribution >= 0.6 is 0 Å². The number of nitrogens with zero attached hydrogens (tertiary/aromatic N) is 1. The van der Waals surface area contributed by atoms with Gasteiger partial charge in [-0.2, -0.15) is 0 Å². The Labute approximate surface area is 371 Å². The molecule has 0 aliphatic carbocycles. The van der Waals surface area contributed by atoms with Crippen molar-refractivity contribution in [2.24, 2.45) is 0 Å². The van der Waals surface area contributed by atoms with E-state index < -0.39 is 0 Å². The highest BCUT2D eigenvalue weighted by Crippen LogP contribution is 2.44. The number of allylic oxidation sites excluding steroid dienone is 1. The summed E-state index contributed by atoms with van der Waals surface area (Å²) in [6.07, 6.45) is 2.22. The third kappa shape index (κ3) is 7.89. The Morgan fingerprint density at radius 2 is 0.825 bits per heavy atom. The van der Waals surface area contributed by atoms with Crippen LogP contribution in [0.1, 0.15) is 23.6 Å². The van der Waals surface area contributed by atoms with Gasteiger partial charge in [-0.25, -0.2) is 0 Å². The molecular weight excluding hydrogens is 759 g/mol. The van der Waals surface area contributed by atoms with Gasteiger partial charge in [0.2, 0.25) is 0 Å². The molecule has 0 amide bonds. The molecule has 63 heavy (non-hydrogen) atoms. The number of fused-ring (bicyclic) bond motifs is 1. The molecule has 1 nitrogen and oxygen atoms in total. The smallest absolute Gasteiger partial charge is 0.0468 e. The number of hydrogen-bond donors (Lipinski definition) is 0. The van der Waals surface area contributed by atoms with Crippen LogP contribution in [0.5, 0.6) is 0 Å². The Morgan fingerprint density at radius 3 is 1.54 bits per heavy atom. The molecule has 0 radical (unpaired) electrons. The van der Waals surface area contributed by atoms with Crippen molar-refractivity contribution in [1.29, 1.82) is 0 Å². The van der Waals surface area contributed by atoms with Crippen molar-refractivity contribution in [2.45, 2.75) is 13.8 Å². The molecule has 10 aromatic carbocycles. The summed E-state index contributed by atoms with van der Waals surface area (Å²) in [5, 5.41) is 2.49. The van der Waals surface area contributed by atoms with Crippen LogP contribution in [-0.2, 0) is 0 Å². The first-order valence-corrected chi connectivity index (χ1v) is 21.8. The van der Waals surface area contributed by atoms with Gasteiger partial charge in [-0.05, 0) is 139 Å². The lowest BCUT2D eigenvalue weighted by Crippen LogP contribution is -2.10. The van der Waals surface area contributed by atoms with E-state index in [1.165, 1.54) is 83.1 Å². The Kier molecular flexibility index (Phi) is 10.9. The van der Waals surface area contributed by atoms with Crippen molar-refractivity contribution in [3.8, 4) is 55.6 Å². The molecule has 0 spiro atoms. The summed E-state index contributed by atoms with van der Waals surface area (Å²) in [6, 6.07) is 88.1. The molecule has 0 heterocycles. The summed E-state index contributed by atoms with van der Waals surface area (Å²) in [5.74, 6) is 0. The molecule has 1 heteroatoms. The van der Waals surface area contributed by atoms with Crippen LogP contribution in [0.2, 0.25) is 0 Å². The first-order chi connectivity index (χ1) is 31.1. The second kappa shape index (κ2) is 17.5. The normalized spacial score (nSPS) is 11.4. The van der Waals surface area contributed by atoms with Crippen LogP contribution in [0, 0.1) is 6.92 Å². The minimum Gasteiger partial charge on any atom is -0.310 e. The highest BCUT2D eigenvalue weighted by atomic mass is 15.1. The molecule has 10 aromatic rings. The van der Waals surface area contributed by atoms with Gasteiger partial charge in [0.25, 0.3) is 0 Å². The predicted molar refractivity (Wildman–Crippen MR) is 270 cm³/mol. The third-order valence-corrected chi connectivity index (χ3v) is 12.3. The standard InChI is InChI=1S/C62H47N/c1-3-55(56-24-12-10-17-44(56)2)49-33-37-52(38-34-49)63(53-39-35-50(36-40-53)58-28-16-23-48-22-11-13-25-57(48)58)54-41-42-61(60-27-15-14-26-59(60)47-20-8-5-9-21-47)62(43-54)51-31-29-46(30-32-51)45-18-6-4-7-19-45/h3-43H,1-2H3/b55-3-. The summed E-state index contributed by atoms with van der Waals surface area (Å²) >= 11 is 0. The van der Waals surface area contributed by atoms with Gasteiger partial charge in [-0.3, -0.25) is 0 Å². The van der Waals surface area contributed by atoms with E-state index in [-0.39, 0.29) is 0 Å². The van der Waals surface area contributed by atoms with E-state index in [2.05, 4.69) is 267 Å². The van der Waals surface area contributed by atoms with Crippen molar-refractivity contribution < 1.29 is 0 Å². The molecule has 0 aromatic heterocycles. The van der Waals surface area contributed by atoms with Crippen LogP contribution in [0.15, 0.2) is 249 Å². The van der Waals surface area contributed by atoms with E-state index in [9.17, 15) is 0 Å². The van der Waals surface area contributed by atoms with Crippen molar-refractivity contribution in [1.82, 2.24) is 0 Å². The lowest BCUT2D eigenvalue weighted by atomic mass is 9.88. The first kappa shape index (κ1) is 39.2. The fourth-order valence-corrected chi connectivity index (χ4v) is 9.06. The van der Waals surface area contributed by atoms with E-state index in [0.29, 0.717) is 0 Å². The van der Waals surface area contributed by atoms with E-state index in [1.54, 1.807) is 0 Å². The third-order valence-electron chi connectivity index (χ3n) is 12.3. The zero-order valence-corrected chi connectivity index (χ0v) is 35.6. The quantitative estimate of drug-likeness (QED) is 0.133. The zero-order valence-electron chi connectivity index (χ0n) is 35.6. The maximum absolute atomic E-state index is 2.40. The van der Waals surface area contributed by atoms with Gasteiger partial charge in [-0.1, -0.05) is 212 Å². The highest BCUT2D eigenvalue weighted by molar-refractivity contribution is 5.98. The van der Waals surface area contributed by atoms with E-state index in [0.717, 1.165) is 22.6 Å². The molecule has 0 aliphatic rings. The van der Waals surface area contributed by atoms with Crippen LogP contribution in [0.4, 0.5) is 17.1 Å². The molecule has 0 fully saturated rings. The topological polar surface area (TPSA) is 3.24 Å². The summed E-state index contributed by atoms with van der Waals surface area (Å²) in [6.45, 7) is 4.32. The Morgan fingerprint density at radius 1 is 0.349 bits per heavy atom. The summed E-state index contributed by atoms with van der Waals surface area (Å²) in [7, 11) is 0. The SMILES string of the molecule is C/C=C(/c1ccc(N(c2ccc(-c3cccc4ccccc34)cc2)c2ccc(-c3ccccc3-c3ccccc3)c(-c3ccc(-c4ccccc4)cc3)c2)cc1)c1ccccc1C. The molecule has 300 valence electrons. The van der Waals surface area contributed by atoms with Crippen molar-refractivity contribution in [2.75, 3.05) is 4.90 Å². The van der Waals surface area contributed by atoms with Crippen LogP contribution in [-0.4, -0.2) is 0 Å². The lowest BCUT2D eigenvalue weighted by Gasteiger charge is -2.27. The summed E-state index contributed by atoms with van der Waals surface area (Å²) in [5.41, 5.74) is 20.1. The van der Waals surface area contributed by atoms with Crippen molar-refractivity contribution in [3.05, 3.63) is 265 Å². The van der Waals surface area contributed by atoms with Crippen molar-refractivity contribution >= 4 is 33.4 Å². The minimum atomic E-state index is 1.08. The molecule has 0 atom stereocenters. The van der Waals surface area contributed by atoms with E-state index >= 15 is 0 Å². The Bertz CT molecular complexity index is 3190. The fraction of sp³-hybridized carbons (Fsp3) is 0.0323. The van der Waals surface area contributed by atoms with Gasteiger partial charge < -0.3 is 4.90 Å².